The monoisotopic (exact) mass is 342 g/mol. The summed E-state index contributed by atoms with van der Waals surface area (Å²) in [6.07, 6.45) is 5.02. The molecule has 1 aliphatic heterocycles. The van der Waals surface area contributed by atoms with Crippen LogP contribution < -0.4 is 0 Å². The van der Waals surface area contributed by atoms with Crippen LogP contribution in [0.15, 0.2) is 65.5 Å². The highest BCUT2D eigenvalue weighted by Crippen LogP contribution is 2.36. The highest BCUT2D eigenvalue weighted by Gasteiger charge is 2.25. The molecule has 3 heterocycles. The zero-order valence-electron chi connectivity index (χ0n) is 14.5. The fourth-order valence-electron chi connectivity index (χ4n) is 3.84. The lowest BCUT2D eigenvalue weighted by atomic mass is 9.84. The normalized spacial score (nSPS) is 17.3. The van der Waals surface area contributed by atoms with E-state index in [9.17, 15) is 0 Å². The summed E-state index contributed by atoms with van der Waals surface area (Å²) in [6.45, 7) is 1.91. The van der Waals surface area contributed by atoms with Gasteiger partial charge in [0, 0.05) is 36.2 Å². The number of benzene rings is 2. The van der Waals surface area contributed by atoms with Crippen LogP contribution in [-0.2, 0) is 6.54 Å². The Bertz CT molecular complexity index is 1070. The third-order valence-electron chi connectivity index (χ3n) is 5.08. The smallest absolute Gasteiger partial charge is 0.181 e. The molecule has 0 spiro atoms. The fraction of sp³-hybridized carbons (Fsp3) is 0.190. The molecule has 0 saturated carbocycles. The summed E-state index contributed by atoms with van der Waals surface area (Å²) in [5, 5.41) is 9.22. The van der Waals surface area contributed by atoms with E-state index in [-0.39, 0.29) is 0 Å². The number of rotatable bonds is 2. The largest absolute Gasteiger partial charge is 0.464 e. The van der Waals surface area contributed by atoms with Crippen molar-refractivity contribution in [1.82, 2.24) is 20.1 Å². The van der Waals surface area contributed by atoms with Gasteiger partial charge in [0.1, 0.15) is 5.58 Å². The number of furan rings is 1. The fourth-order valence-corrected chi connectivity index (χ4v) is 3.84. The molecule has 26 heavy (non-hydrogen) atoms. The first-order valence-electron chi connectivity index (χ1n) is 8.70. The van der Waals surface area contributed by atoms with E-state index in [1.165, 1.54) is 16.7 Å². The molecule has 0 saturated heterocycles. The molecule has 128 valence electrons. The summed E-state index contributed by atoms with van der Waals surface area (Å²) >= 11 is 0. The van der Waals surface area contributed by atoms with Crippen LogP contribution in [0.4, 0.5) is 0 Å². The second kappa shape index (κ2) is 6.04. The minimum Gasteiger partial charge on any atom is -0.464 e. The molecular formula is C21H18N4O. The molecule has 5 heteroatoms. The minimum atomic E-state index is 0.321. The molecular weight excluding hydrogens is 324 g/mol. The van der Waals surface area contributed by atoms with Gasteiger partial charge in [-0.3, -0.25) is 0 Å². The van der Waals surface area contributed by atoms with Crippen LogP contribution in [0.1, 0.15) is 22.6 Å². The lowest BCUT2D eigenvalue weighted by molar-refractivity contribution is 0.295. The van der Waals surface area contributed by atoms with Crippen molar-refractivity contribution in [3.63, 3.8) is 0 Å². The molecule has 4 aromatic rings. The third kappa shape index (κ3) is 2.57. The molecule has 1 atom stereocenters. The number of likely N-dealkylation sites (N-methyl/N-ethyl adjacent to an activating group) is 1. The van der Waals surface area contributed by atoms with Crippen molar-refractivity contribution in [2.75, 3.05) is 13.6 Å². The van der Waals surface area contributed by atoms with E-state index in [0.29, 0.717) is 11.7 Å². The van der Waals surface area contributed by atoms with Crippen LogP contribution in [-0.4, -0.2) is 33.7 Å². The lowest BCUT2D eigenvalue weighted by Gasteiger charge is -2.33. The Balaban J connectivity index is 1.59. The van der Waals surface area contributed by atoms with Gasteiger partial charge in [-0.2, -0.15) is 5.10 Å². The standard InChI is InChI=1S/C21H18N4O/c1-25-12-17-10-16(21-22-7-8-23-24-21)4-5-18(17)19(13-25)15-3-2-14-6-9-26-20(14)11-15/h2-11,19H,12-13H2,1H3. The van der Waals surface area contributed by atoms with Crippen molar-refractivity contribution in [1.29, 1.82) is 0 Å². The van der Waals surface area contributed by atoms with Gasteiger partial charge < -0.3 is 9.32 Å². The van der Waals surface area contributed by atoms with Gasteiger partial charge in [-0.1, -0.05) is 24.3 Å². The van der Waals surface area contributed by atoms with Gasteiger partial charge >= 0.3 is 0 Å². The van der Waals surface area contributed by atoms with Crippen LogP contribution in [0.3, 0.4) is 0 Å². The second-order valence-corrected chi connectivity index (χ2v) is 6.85. The average Bonchev–Trinajstić information content (AvgIpc) is 3.15. The predicted molar refractivity (Wildman–Crippen MR) is 99.7 cm³/mol. The molecule has 1 aliphatic rings. The summed E-state index contributed by atoms with van der Waals surface area (Å²) < 4.78 is 5.60. The number of hydrogen-bond donors (Lipinski definition) is 0. The van der Waals surface area contributed by atoms with Gasteiger partial charge in [0.25, 0.3) is 0 Å². The second-order valence-electron chi connectivity index (χ2n) is 6.85. The lowest BCUT2D eigenvalue weighted by Crippen LogP contribution is -2.31. The summed E-state index contributed by atoms with van der Waals surface area (Å²) in [4.78, 5) is 6.68. The van der Waals surface area contributed by atoms with Gasteiger partial charge in [0.2, 0.25) is 0 Å². The van der Waals surface area contributed by atoms with Crippen molar-refractivity contribution in [2.24, 2.45) is 0 Å². The van der Waals surface area contributed by atoms with Crippen LogP contribution in [0, 0.1) is 0 Å². The van der Waals surface area contributed by atoms with E-state index in [1.54, 1.807) is 18.7 Å². The highest BCUT2D eigenvalue weighted by molar-refractivity contribution is 5.78. The number of nitrogens with zero attached hydrogens (tertiary/aromatic N) is 4. The summed E-state index contributed by atoms with van der Waals surface area (Å²) in [6, 6.07) is 15.0. The molecule has 0 N–H and O–H groups in total. The first kappa shape index (κ1) is 15.2. The van der Waals surface area contributed by atoms with Crippen molar-refractivity contribution in [3.8, 4) is 11.4 Å². The Morgan fingerprint density at radius 2 is 2.04 bits per heavy atom. The minimum absolute atomic E-state index is 0.321. The molecule has 0 aliphatic carbocycles. The van der Waals surface area contributed by atoms with Crippen LogP contribution in [0.5, 0.6) is 0 Å². The highest BCUT2D eigenvalue weighted by atomic mass is 16.3. The van der Waals surface area contributed by atoms with E-state index >= 15 is 0 Å². The quantitative estimate of drug-likeness (QED) is 0.554. The maximum absolute atomic E-state index is 5.60. The van der Waals surface area contributed by atoms with Crippen molar-refractivity contribution in [2.45, 2.75) is 12.5 Å². The first-order valence-corrected chi connectivity index (χ1v) is 8.70. The maximum atomic E-state index is 5.60. The van der Waals surface area contributed by atoms with Gasteiger partial charge in [-0.25, -0.2) is 4.98 Å². The SMILES string of the molecule is CN1Cc2cc(-c3nccnn3)ccc2C(c2ccc3ccoc3c2)C1. The summed E-state index contributed by atoms with van der Waals surface area (Å²) in [7, 11) is 2.16. The zero-order valence-corrected chi connectivity index (χ0v) is 14.5. The van der Waals surface area contributed by atoms with Crippen LogP contribution >= 0.6 is 0 Å². The van der Waals surface area contributed by atoms with E-state index in [0.717, 1.165) is 29.6 Å². The summed E-state index contributed by atoms with van der Waals surface area (Å²) in [5.41, 5.74) is 5.91. The van der Waals surface area contributed by atoms with Gasteiger partial charge in [0.15, 0.2) is 5.82 Å². The average molecular weight is 342 g/mol. The van der Waals surface area contributed by atoms with Crippen LogP contribution in [0.2, 0.25) is 0 Å². The van der Waals surface area contributed by atoms with E-state index in [4.69, 9.17) is 4.42 Å². The Hall–Kier alpha value is -3.05. The molecule has 5 rings (SSSR count). The topological polar surface area (TPSA) is 55.1 Å². The first-order chi connectivity index (χ1) is 12.8. The Labute approximate surface area is 151 Å². The molecule has 2 aromatic heterocycles. The predicted octanol–water partition coefficient (Wildman–Crippen LogP) is 3.86. The van der Waals surface area contributed by atoms with E-state index < -0.39 is 0 Å². The number of hydrogen-bond acceptors (Lipinski definition) is 5. The molecule has 0 bridgehead atoms. The Kier molecular flexibility index (Phi) is 3.53. The Morgan fingerprint density at radius 1 is 1.08 bits per heavy atom. The van der Waals surface area contributed by atoms with E-state index in [1.807, 2.05) is 6.07 Å². The van der Waals surface area contributed by atoms with Crippen molar-refractivity contribution >= 4 is 11.0 Å². The molecule has 0 radical (unpaired) electrons. The molecule has 5 nitrogen and oxygen atoms in total. The van der Waals surface area contributed by atoms with Crippen LogP contribution in [0.25, 0.3) is 22.4 Å². The molecule has 0 amide bonds. The van der Waals surface area contributed by atoms with Crippen molar-refractivity contribution in [3.05, 3.63) is 77.8 Å². The molecule has 1 unspecified atom stereocenters. The van der Waals surface area contributed by atoms with Crippen molar-refractivity contribution < 1.29 is 4.42 Å². The summed E-state index contributed by atoms with van der Waals surface area (Å²) in [5.74, 6) is 0.985. The molecule has 0 fully saturated rings. The molecule has 2 aromatic carbocycles. The van der Waals surface area contributed by atoms with Gasteiger partial charge in [0.05, 0.1) is 12.5 Å². The zero-order chi connectivity index (χ0) is 17.5. The number of fused-ring (bicyclic) bond motifs is 2. The number of aromatic nitrogens is 3. The Morgan fingerprint density at radius 3 is 2.92 bits per heavy atom. The van der Waals surface area contributed by atoms with E-state index in [2.05, 4.69) is 63.5 Å². The maximum Gasteiger partial charge on any atom is 0.181 e. The third-order valence-corrected chi connectivity index (χ3v) is 5.08. The van der Waals surface area contributed by atoms with Gasteiger partial charge in [-0.05, 0) is 41.9 Å². The van der Waals surface area contributed by atoms with Gasteiger partial charge in [-0.15, -0.1) is 5.10 Å².